The van der Waals surface area contributed by atoms with E-state index < -0.39 is 42.2 Å². The Hall–Kier alpha value is -3.61. The molecule has 0 atom stereocenters. The van der Waals surface area contributed by atoms with Crippen LogP contribution in [-0.4, -0.2) is 39.3 Å². The first kappa shape index (κ1) is 22.7. The van der Waals surface area contributed by atoms with Crippen molar-refractivity contribution in [3.8, 4) is 6.07 Å². The second kappa shape index (κ2) is 8.82. The maximum atomic E-state index is 14.9. The van der Waals surface area contributed by atoms with Crippen molar-refractivity contribution in [2.24, 2.45) is 0 Å². The van der Waals surface area contributed by atoms with Crippen molar-refractivity contribution in [1.29, 1.82) is 5.26 Å². The number of pyridine rings is 2. The summed E-state index contributed by atoms with van der Waals surface area (Å²) < 4.78 is 34.9. The van der Waals surface area contributed by atoms with E-state index in [2.05, 4.69) is 9.97 Å². The van der Waals surface area contributed by atoms with Gasteiger partial charge in [-0.3, -0.25) is 14.7 Å². The smallest absolute Gasteiger partial charge is 0.416 e. The molecule has 0 bridgehead atoms. The van der Waals surface area contributed by atoms with E-state index >= 15 is 0 Å². The number of hydrogen-bond acceptors (Lipinski definition) is 6. The van der Waals surface area contributed by atoms with Crippen molar-refractivity contribution in [2.45, 2.75) is 38.7 Å². The molecule has 2 heterocycles. The number of halogens is 2. The minimum absolute atomic E-state index is 0.0400. The maximum Gasteiger partial charge on any atom is 0.416 e. The standard InChI is InChI=1S/C20H20F2N4O4/c1-19(2,3)30-18(29)26(12-20(21,22)15-6-4-5-9-24-15)16-8-7-13(11-23)14(25-16)10-17(27)28/h4-9H,10,12H2,1-3H3,(H,27,28). The first-order valence-corrected chi connectivity index (χ1v) is 8.84. The average molecular weight is 418 g/mol. The molecule has 0 aliphatic carbocycles. The summed E-state index contributed by atoms with van der Waals surface area (Å²) in [6.45, 7) is 3.57. The van der Waals surface area contributed by atoms with Crippen molar-refractivity contribution < 1.29 is 28.2 Å². The fourth-order valence-electron chi connectivity index (χ4n) is 2.43. The van der Waals surface area contributed by atoms with Gasteiger partial charge in [-0.15, -0.1) is 0 Å². The van der Waals surface area contributed by atoms with E-state index in [1.807, 2.05) is 0 Å². The largest absolute Gasteiger partial charge is 0.481 e. The van der Waals surface area contributed by atoms with Crippen molar-refractivity contribution in [1.82, 2.24) is 9.97 Å². The minimum Gasteiger partial charge on any atom is -0.481 e. The molecular formula is C20H20F2N4O4. The molecule has 0 aliphatic heterocycles. The number of aliphatic carboxylic acids is 1. The molecule has 158 valence electrons. The van der Waals surface area contributed by atoms with Gasteiger partial charge in [0.05, 0.1) is 17.7 Å². The van der Waals surface area contributed by atoms with Gasteiger partial charge in [-0.05, 0) is 45.0 Å². The van der Waals surface area contributed by atoms with Gasteiger partial charge in [0.25, 0.3) is 0 Å². The molecule has 1 amide bonds. The van der Waals surface area contributed by atoms with E-state index in [9.17, 15) is 18.4 Å². The van der Waals surface area contributed by atoms with E-state index in [0.29, 0.717) is 4.90 Å². The third-order valence-corrected chi connectivity index (χ3v) is 3.69. The van der Waals surface area contributed by atoms with Crippen LogP contribution in [0.2, 0.25) is 0 Å². The zero-order valence-electron chi connectivity index (χ0n) is 16.6. The molecule has 0 aromatic carbocycles. The van der Waals surface area contributed by atoms with Gasteiger partial charge in [-0.1, -0.05) is 6.07 Å². The molecule has 2 aromatic rings. The lowest BCUT2D eigenvalue weighted by Gasteiger charge is -2.29. The average Bonchev–Trinajstić information content (AvgIpc) is 2.65. The molecule has 1 N–H and O–H groups in total. The van der Waals surface area contributed by atoms with E-state index in [-0.39, 0.29) is 17.1 Å². The fraction of sp³-hybridized carbons (Fsp3) is 0.350. The number of hydrogen-bond donors (Lipinski definition) is 1. The number of carbonyl (C=O) groups is 2. The predicted molar refractivity (Wildman–Crippen MR) is 102 cm³/mol. The summed E-state index contributed by atoms with van der Waals surface area (Å²) in [5.41, 5.74) is -1.73. The van der Waals surface area contributed by atoms with Crippen molar-refractivity contribution in [2.75, 3.05) is 11.4 Å². The summed E-state index contributed by atoms with van der Waals surface area (Å²) in [5.74, 6) is -5.09. The Bertz CT molecular complexity index is 969. The number of ether oxygens (including phenoxy) is 1. The summed E-state index contributed by atoms with van der Waals surface area (Å²) >= 11 is 0. The lowest BCUT2D eigenvalue weighted by Crippen LogP contribution is -2.43. The molecule has 30 heavy (non-hydrogen) atoms. The number of alkyl halides is 2. The van der Waals surface area contributed by atoms with Crippen LogP contribution in [0, 0.1) is 11.3 Å². The molecule has 2 aromatic heterocycles. The maximum absolute atomic E-state index is 14.9. The van der Waals surface area contributed by atoms with Crippen LogP contribution >= 0.6 is 0 Å². The SMILES string of the molecule is CC(C)(C)OC(=O)N(CC(F)(F)c1ccccn1)c1ccc(C#N)c(CC(=O)O)n1. The highest BCUT2D eigenvalue weighted by Crippen LogP contribution is 2.30. The summed E-state index contributed by atoms with van der Waals surface area (Å²) in [5, 5.41) is 18.2. The van der Waals surface area contributed by atoms with Gasteiger partial charge in [0.2, 0.25) is 0 Å². The molecular weight excluding hydrogens is 398 g/mol. The van der Waals surface area contributed by atoms with Crippen molar-refractivity contribution in [3.05, 3.63) is 53.5 Å². The van der Waals surface area contributed by atoms with E-state index in [4.69, 9.17) is 15.1 Å². The molecule has 0 saturated carbocycles. The van der Waals surface area contributed by atoms with Gasteiger partial charge >= 0.3 is 18.0 Å². The lowest BCUT2D eigenvalue weighted by molar-refractivity contribution is -0.136. The van der Waals surface area contributed by atoms with Gasteiger partial charge in [-0.2, -0.15) is 14.0 Å². The van der Waals surface area contributed by atoms with Crippen LogP contribution in [0.4, 0.5) is 19.4 Å². The molecule has 0 spiro atoms. The lowest BCUT2D eigenvalue weighted by atomic mass is 10.1. The molecule has 2 rings (SSSR count). The van der Waals surface area contributed by atoms with Crippen molar-refractivity contribution in [3.63, 3.8) is 0 Å². The number of carbonyl (C=O) groups excluding carboxylic acids is 1. The van der Waals surface area contributed by atoms with Gasteiger partial charge in [0.1, 0.15) is 29.7 Å². The second-order valence-electron chi connectivity index (χ2n) is 7.33. The van der Waals surface area contributed by atoms with E-state index in [1.165, 1.54) is 30.5 Å². The third-order valence-electron chi connectivity index (χ3n) is 3.69. The Balaban J connectivity index is 2.50. The van der Waals surface area contributed by atoms with Crippen LogP contribution in [0.5, 0.6) is 0 Å². The van der Waals surface area contributed by atoms with Crippen LogP contribution in [-0.2, 0) is 21.9 Å². The van der Waals surface area contributed by atoms with E-state index in [1.54, 1.807) is 26.8 Å². The quantitative estimate of drug-likeness (QED) is 0.763. The number of anilines is 1. The van der Waals surface area contributed by atoms with Crippen LogP contribution in [0.1, 0.15) is 37.7 Å². The second-order valence-corrected chi connectivity index (χ2v) is 7.33. The van der Waals surface area contributed by atoms with Crippen LogP contribution < -0.4 is 4.90 Å². The van der Waals surface area contributed by atoms with Crippen LogP contribution in [0.15, 0.2) is 36.5 Å². The number of carboxylic acid groups (broad SMARTS) is 1. The highest BCUT2D eigenvalue weighted by molar-refractivity contribution is 5.87. The van der Waals surface area contributed by atoms with Crippen molar-refractivity contribution >= 4 is 17.9 Å². The van der Waals surface area contributed by atoms with Gasteiger partial charge < -0.3 is 9.84 Å². The molecule has 0 fully saturated rings. The Labute approximate surface area is 171 Å². The number of amides is 1. The molecule has 0 unspecified atom stereocenters. The highest BCUT2D eigenvalue weighted by Gasteiger charge is 2.39. The molecule has 0 radical (unpaired) electrons. The predicted octanol–water partition coefficient (Wildman–Crippen LogP) is 3.51. The number of carboxylic acids is 1. The van der Waals surface area contributed by atoms with Gasteiger partial charge in [0, 0.05) is 6.20 Å². The first-order valence-electron chi connectivity index (χ1n) is 8.84. The zero-order valence-corrected chi connectivity index (χ0v) is 16.6. The Morgan fingerprint density at radius 2 is 1.93 bits per heavy atom. The summed E-state index contributed by atoms with van der Waals surface area (Å²) in [6, 6.07) is 8.18. The zero-order chi connectivity index (χ0) is 22.5. The van der Waals surface area contributed by atoms with Crippen LogP contribution in [0.3, 0.4) is 0 Å². The summed E-state index contributed by atoms with van der Waals surface area (Å²) in [7, 11) is 0. The van der Waals surface area contributed by atoms with Crippen LogP contribution in [0.25, 0.3) is 0 Å². The Morgan fingerprint density at radius 3 is 2.47 bits per heavy atom. The number of rotatable bonds is 6. The molecule has 10 heteroatoms. The van der Waals surface area contributed by atoms with Gasteiger partial charge in [-0.25, -0.2) is 9.78 Å². The minimum atomic E-state index is -3.55. The Morgan fingerprint density at radius 1 is 1.23 bits per heavy atom. The number of nitriles is 1. The molecule has 0 aliphatic rings. The normalized spacial score (nSPS) is 11.5. The summed E-state index contributed by atoms with van der Waals surface area (Å²) in [6.07, 6.45) is -0.516. The number of aromatic nitrogens is 2. The summed E-state index contributed by atoms with van der Waals surface area (Å²) in [4.78, 5) is 32.0. The number of nitrogens with zero attached hydrogens (tertiary/aromatic N) is 4. The highest BCUT2D eigenvalue weighted by atomic mass is 19.3. The Kier molecular flexibility index (Phi) is 6.66. The van der Waals surface area contributed by atoms with E-state index in [0.717, 1.165) is 6.07 Å². The topological polar surface area (TPSA) is 116 Å². The molecule has 8 nitrogen and oxygen atoms in total. The third kappa shape index (κ3) is 5.94. The van der Waals surface area contributed by atoms with Gasteiger partial charge in [0.15, 0.2) is 0 Å². The molecule has 0 saturated heterocycles. The fourth-order valence-corrected chi connectivity index (χ4v) is 2.43. The monoisotopic (exact) mass is 418 g/mol. The first-order chi connectivity index (χ1) is 13.9.